The number of ether oxygens (including phenoxy) is 3. The number of benzene rings is 2. The van der Waals surface area contributed by atoms with Gasteiger partial charge in [-0.1, -0.05) is 38.5 Å². The summed E-state index contributed by atoms with van der Waals surface area (Å²) < 4.78 is 16.2. The fourth-order valence-corrected chi connectivity index (χ4v) is 2.43. The van der Waals surface area contributed by atoms with E-state index in [4.69, 9.17) is 19.5 Å². The number of hydrogen-bond acceptors (Lipinski definition) is 6. The zero-order valence-electron chi connectivity index (χ0n) is 16.3. The summed E-state index contributed by atoms with van der Waals surface area (Å²) in [6, 6.07) is 14.7. The number of nitrogens with zero attached hydrogens (tertiary/aromatic N) is 1. The Morgan fingerprint density at radius 1 is 1.10 bits per heavy atom. The van der Waals surface area contributed by atoms with E-state index >= 15 is 0 Å². The third kappa shape index (κ3) is 6.91. The summed E-state index contributed by atoms with van der Waals surface area (Å²) in [6.45, 7) is 5.93. The van der Waals surface area contributed by atoms with Crippen LogP contribution in [0.3, 0.4) is 0 Å². The maximum atomic E-state index is 12.3. The molecule has 2 rings (SSSR count). The van der Waals surface area contributed by atoms with Crippen molar-refractivity contribution in [3.05, 3.63) is 77.9 Å². The van der Waals surface area contributed by atoms with E-state index in [2.05, 4.69) is 13.5 Å². The van der Waals surface area contributed by atoms with E-state index in [-0.39, 0.29) is 0 Å². The highest BCUT2D eigenvalue weighted by molar-refractivity contribution is 5.91. The van der Waals surface area contributed by atoms with Crippen molar-refractivity contribution >= 4 is 11.9 Å². The number of carbonyl (C=O) groups is 2. The second-order valence-corrected chi connectivity index (χ2v) is 6.20. The predicted molar refractivity (Wildman–Crippen MR) is 107 cm³/mol. The standard InChI is InChI=1S/C23H23NO5/c1-3-5-6-15-27-23(29-21(25)4-2)19-11-9-18(10-12-19)22(26)28-20-13-7-17(16-24)8-14-20/h4,7-14,23H,2-3,5-6,15H2,1H3. The van der Waals surface area contributed by atoms with Gasteiger partial charge >= 0.3 is 11.9 Å². The van der Waals surface area contributed by atoms with Crippen molar-refractivity contribution in [3.8, 4) is 11.8 Å². The monoisotopic (exact) mass is 393 g/mol. The Morgan fingerprint density at radius 2 is 1.79 bits per heavy atom. The summed E-state index contributed by atoms with van der Waals surface area (Å²) in [5.74, 6) is -0.783. The van der Waals surface area contributed by atoms with Crippen LogP contribution in [0.1, 0.15) is 54.0 Å². The van der Waals surface area contributed by atoms with E-state index in [1.54, 1.807) is 48.5 Å². The van der Waals surface area contributed by atoms with Crippen LogP contribution < -0.4 is 4.74 Å². The van der Waals surface area contributed by atoms with E-state index in [0.29, 0.717) is 29.0 Å². The minimum Gasteiger partial charge on any atom is -0.428 e. The SMILES string of the molecule is C=CC(=O)OC(OCCCCC)c1ccc(C(=O)Oc2ccc(C#N)cc2)cc1. The first-order valence-electron chi connectivity index (χ1n) is 9.34. The number of nitriles is 1. The predicted octanol–water partition coefficient (Wildman–Crippen LogP) is 4.71. The first-order chi connectivity index (χ1) is 14.1. The summed E-state index contributed by atoms with van der Waals surface area (Å²) in [7, 11) is 0. The van der Waals surface area contributed by atoms with Gasteiger partial charge in [0.1, 0.15) is 5.75 Å². The van der Waals surface area contributed by atoms with Crippen LogP contribution >= 0.6 is 0 Å². The number of hydrogen-bond donors (Lipinski definition) is 0. The third-order valence-corrected chi connectivity index (χ3v) is 4.02. The van der Waals surface area contributed by atoms with Crippen molar-refractivity contribution in [2.45, 2.75) is 32.5 Å². The number of unbranched alkanes of at least 4 members (excludes halogenated alkanes) is 2. The van der Waals surface area contributed by atoms with Gasteiger partial charge in [0.2, 0.25) is 6.29 Å². The van der Waals surface area contributed by atoms with E-state index in [1.165, 1.54) is 0 Å². The summed E-state index contributed by atoms with van der Waals surface area (Å²) in [6.07, 6.45) is 3.12. The lowest BCUT2D eigenvalue weighted by atomic mass is 10.1. The molecule has 0 radical (unpaired) electrons. The van der Waals surface area contributed by atoms with Gasteiger partial charge in [-0.3, -0.25) is 0 Å². The molecular weight excluding hydrogens is 370 g/mol. The summed E-state index contributed by atoms with van der Waals surface area (Å²) >= 11 is 0. The summed E-state index contributed by atoms with van der Waals surface area (Å²) in [5.41, 5.74) is 1.41. The smallest absolute Gasteiger partial charge is 0.343 e. The molecule has 0 aromatic heterocycles. The van der Waals surface area contributed by atoms with E-state index < -0.39 is 18.2 Å². The van der Waals surface area contributed by atoms with Crippen molar-refractivity contribution in [2.75, 3.05) is 6.61 Å². The molecule has 6 heteroatoms. The lowest BCUT2D eigenvalue weighted by molar-refractivity contribution is -0.175. The maximum absolute atomic E-state index is 12.3. The Morgan fingerprint density at radius 3 is 2.38 bits per heavy atom. The summed E-state index contributed by atoms with van der Waals surface area (Å²) in [4.78, 5) is 23.9. The Labute approximate surface area is 170 Å². The van der Waals surface area contributed by atoms with Gasteiger partial charge in [0, 0.05) is 11.6 Å². The van der Waals surface area contributed by atoms with Crippen LogP contribution in [0.15, 0.2) is 61.2 Å². The molecule has 0 N–H and O–H groups in total. The Hall–Kier alpha value is -3.43. The molecule has 0 spiro atoms. The first-order valence-corrected chi connectivity index (χ1v) is 9.34. The molecule has 0 bridgehead atoms. The molecule has 2 aromatic carbocycles. The average Bonchev–Trinajstić information content (AvgIpc) is 2.76. The molecule has 0 amide bonds. The van der Waals surface area contributed by atoms with Crippen molar-refractivity contribution < 1.29 is 23.8 Å². The van der Waals surface area contributed by atoms with Crippen LogP contribution in [0.25, 0.3) is 0 Å². The largest absolute Gasteiger partial charge is 0.428 e. The molecule has 29 heavy (non-hydrogen) atoms. The molecule has 1 atom stereocenters. The van der Waals surface area contributed by atoms with Crippen molar-refractivity contribution in [1.82, 2.24) is 0 Å². The van der Waals surface area contributed by atoms with Gasteiger partial charge in [-0.25, -0.2) is 9.59 Å². The normalized spacial score (nSPS) is 11.2. The molecule has 0 aliphatic rings. The van der Waals surface area contributed by atoms with Gasteiger partial charge < -0.3 is 14.2 Å². The number of esters is 2. The maximum Gasteiger partial charge on any atom is 0.343 e. The van der Waals surface area contributed by atoms with Gasteiger partial charge in [-0.05, 0) is 42.8 Å². The van der Waals surface area contributed by atoms with Crippen LogP contribution in [0.4, 0.5) is 0 Å². The molecule has 0 fully saturated rings. The van der Waals surface area contributed by atoms with Gasteiger partial charge in [0.15, 0.2) is 0 Å². The van der Waals surface area contributed by atoms with Crippen LogP contribution in [0, 0.1) is 11.3 Å². The Kier molecular flexibility index (Phi) is 8.61. The molecule has 150 valence electrons. The highest BCUT2D eigenvalue weighted by Crippen LogP contribution is 2.22. The van der Waals surface area contributed by atoms with Crippen LogP contribution in [0.2, 0.25) is 0 Å². The van der Waals surface area contributed by atoms with Gasteiger partial charge in [0.25, 0.3) is 0 Å². The zero-order chi connectivity index (χ0) is 21.1. The molecule has 0 aliphatic heterocycles. The topological polar surface area (TPSA) is 85.6 Å². The lowest BCUT2D eigenvalue weighted by Gasteiger charge is -2.18. The van der Waals surface area contributed by atoms with Crippen molar-refractivity contribution in [2.24, 2.45) is 0 Å². The number of rotatable bonds is 10. The third-order valence-electron chi connectivity index (χ3n) is 4.02. The minimum absolute atomic E-state index is 0.331. The molecule has 0 saturated carbocycles. The lowest BCUT2D eigenvalue weighted by Crippen LogP contribution is -2.14. The molecular formula is C23H23NO5. The van der Waals surface area contributed by atoms with Crippen LogP contribution in [-0.2, 0) is 14.3 Å². The van der Waals surface area contributed by atoms with Gasteiger partial charge in [-0.15, -0.1) is 0 Å². The van der Waals surface area contributed by atoms with Crippen molar-refractivity contribution in [1.29, 1.82) is 5.26 Å². The molecule has 2 aromatic rings. The zero-order valence-corrected chi connectivity index (χ0v) is 16.3. The van der Waals surface area contributed by atoms with E-state index in [9.17, 15) is 9.59 Å². The molecule has 0 aliphatic carbocycles. The van der Waals surface area contributed by atoms with Gasteiger partial charge in [-0.2, -0.15) is 5.26 Å². The summed E-state index contributed by atoms with van der Waals surface area (Å²) in [5, 5.41) is 8.81. The van der Waals surface area contributed by atoms with Crippen LogP contribution in [-0.4, -0.2) is 18.5 Å². The highest BCUT2D eigenvalue weighted by atomic mass is 16.7. The fourth-order valence-electron chi connectivity index (χ4n) is 2.43. The van der Waals surface area contributed by atoms with E-state index in [0.717, 1.165) is 25.3 Å². The molecule has 0 saturated heterocycles. The van der Waals surface area contributed by atoms with E-state index in [1.807, 2.05) is 6.07 Å². The highest BCUT2D eigenvalue weighted by Gasteiger charge is 2.17. The molecule has 0 heterocycles. The Bertz CT molecular complexity index is 866. The van der Waals surface area contributed by atoms with Gasteiger partial charge in [0.05, 0.1) is 23.8 Å². The fraction of sp³-hybridized carbons (Fsp3) is 0.261. The molecule has 1 unspecified atom stereocenters. The minimum atomic E-state index is -0.874. The Balaban J connectivity index is 2.05. The quantitative estimate of drug-likeness (QED) is 0.191. The first kappa shape index (κ1) is 21.9. The average molecular weight is 393 g/mol. The van der Waals surface area contributed by atoms with Crippen LogP contribution in [0.5, 0.6) is 5.75 Å². The second-order valence-electron chi connectivity index (χ2n) is 6.20. The second kappa shape index (κ2) is 11.4. The molecule has 6 nitrogen and oxygen atoms in total. The van der Waals surface area contributed by atoms with Crippen molar-refractivity contribution in [3.63, 3.8) is 0 Å². The number of carbonyl (C=O) groups excluding carboxylic acids is 2.